The van der Waals surface area contributed by atoms with E-state index in [9.17, 15) is 0 Å². The molecule has 15 heavy (non-hydrogen) atoms. The Morgan fingerprint density at radius 3 is 2.87 bits per heavy atom. The van der Waals surface area contributed by atoms with Gasteiger partial charge < -0.3 is 4.90 Å². The van der Waals surface area contributed by atoms with Crippen molar-refractivity contribution >= 4 is 5.69 Å². The van der Waals surface area contributed by atoms with Crippen LogP contribution in [-0.2, 0) is 0 Å². The highest BCUT2D eigenvalue weighted by Crippen LogP contribution is 2.13. The average Bonchev–Trinajstić information content (AvgIpc) is 2.28. The van der Waals surface area contributed by atoms with Gasteiger partial charge >= 0.3 is 0 Å². The Balaban J connectivity index is 2.79. The largest absolute Gasteiger partial charge is 0.373 e. The first-order valence-electron chi connectivity index (χ1n) is 4.64. The van der Waals surface area contributed by atoms with Gasteiger partial charge in [-0.3, -0.25) is 0 Å². The van der Waals surface area contributed by atoms with E-state index in [1.54, 1.807) is 12.3 Å². The maximum absolute atomic E-state index is 8.69. The Hall–Kier alpha value is -2.07. The normalized spacial score (nSPS) is 11.2. The zero-order valence-electron chi connectivity index (χ0n) is 8.81. The summed E-state index contributed by atoms with van der Waals surface area (Å²) in [6, 6.07) is 7.70. The van der Waals surface area contributed by atoms with Crippen LogP contribution >= 0.6 is 0 Å². The molecule has 76 valence electrons. The highest BCUT2D eigenvalue weighted by atomic mass is 15.1. The second-order valence-electron chi connectivity index (χ2n) is 3.42. The standard InChI is InChI=1S/C11H12N4/c1-9(6-12)8-15(2)11-3-4-14-10(5-11)7-13/h3-5,9H,8H2,1-2H3. The van der Waals surface area contributed by atoms with Gasteiger partial charge in [0.05, 0.1) is 12.0 Å². The average molecular weight is 200 g/mol. The molecule has 0 radical (unpaired) electrons. The third kappa shape index (κ3) is 2.96. The Kier molecular flexibility index (Phi) is 3.65. The van der Waals surface area contributed by atoms with Crippen molar-refractivity contribution in [2.45, 2.75) is 6.92 Å². The van der Waals surface area contributed by atoms with Crippen molar-refractivity contribution in [2.24, 2.45) is 5.92 Å². The van der Waals surface area contributed by atoms with Gasteiger partial charge in [0.15, 0.2) is 0 Å². The smallest absolute Gasteiger partial charge is 0.142 e. The molecule has 0 fully saturated rings. The molecule has 0 spiro atoms. The SMILES string of the molecule is CC(C#N)CN(C)c1ccnc(C#N)c1. The summed E-state index contributed by atoms with van der Waals surface area (Å²) in [5.74, 6) is -0.0336. The topological polar surface area (TPSA) is 63.7 Å². The van der Waals surface area contributed by atoms with E-state index < -0.39 is 0 Å². The molecule has 1 aromatic rings. The van der Waals surface area contributed by atoms with Crippen LogP contribution < -0.4 is 4.90 Å². The fourth-order valence-electron chi connectivity index (χ4n) is 1.27. The molecule has 1 atom stereocenters. The van der Waals surface area contributed by atoms with Crippen LogP contribution in [0.25, 0.3) is 0 Å². The monoisotopic (exact) mass is 200 g/mol. The minimum Gasteiger partial charge on any atom is -0.373 e. The molecule has 0 N–H and O–H groups in total. The summed E-state index contributed by atoms with van der Waals surface area (Å²) in [5, 5.41) is 17.4. The zero-order chi connectivity index (χ0) is 11.3. The van der Waals surface area contributed by atoms with Gasteiger partial charge in [0.25, 0.3) is 0 Å². The molecule has 1 aromatic heterocycles. The number of nitriles is 2. The third-order valence-corrected chi connectivity index (χ3v) is 2.07. The van der Waals surface area contributed by atoms with Gasteiger partial charge in [-0.1, -0.05) is 0 Å². The minimum absolute atomic E-state index is 0.0336. The fraction of sp³-hybridized carbons (Fsp3) is 0.364. The van der Waals surface area contributed by atoms with Gasteiger partial charge in [0.1, 0.15) is 11.8 Å². The molecule has 0 aliphatic carbocycles. The number of rotatable bonds is 3. The van der Waals surface area contributed by atoms with Gasteiger partial charge in [-0.05, 0) is 19.1 Å². The first kappa shape index (κ1) is 11.0. The molecule has 0 saturated carbocycles. The lowest BCUT2D eigenvalue weighted by molar-refractivity contribution is 0.716. The van der Waals surface area contributed by atoms with Crippen molar-refractivity contribution in [3.63, 3.8) is 0 Å². The lowest BCUT2D eigenvalue weighted by atomic mass is 10.2. The molecule has 4 heteroatoms. The quantitative estimate of drug-likeness (QED) is 0.742. The van der Waals surface area contributed by atoms with E-state index in [0.29, 0.717) is 12.2 Å². The summed E-state index contributed by atoms with van der Waals surface area (Å²) in [6.07, 6.45) is 1.60. The van der Waals surface area contributed by atoms with Gasteiger partial charge in [-0.2, -0.15) is 10.5 Å². The van der Waals surface area contributed by atoms with Crippen LogP contribution in [0.2, 0.25) is 0 Å². The molecule has 1 rings (SSSR count). The molecule has 0 saturated heterocycles. The van der Waals surface area contributed by atoms with Crippen molar-refractivity contribution in [1.82, 2.24) is 4.98 Å². The summed E-state index contributed by atoms with van der Waals surface area (Å²) < 4.78 is 0. The van der Waals surface area contributed by atoms with Crippen molar-refractivity contribution < 1.29 is 0 Å². The van der Waals surface area contributed by atoms with Crippen molar-refractivity contribution in [1.29, 1.82) is 10.5 Å². The number of hydrogen-bond donors (Lipinski definition) is 0. The first-order chi connectivity index (χ1) is 7.17. The number of nitrogens with zero attached hydrogens (tertiary/aromatic N) is 4. The molecule has 0 aliphatic rings. The van der Waals surface area contributed by atoms with Gasteiger partial charge in [-0.25, -0.2) is 4.98 Å². The van der Waals surface area contributed by atoms with E-state index >= 15 is 0 Å². The summed E-state index contributed by atoms with van der Waals surface area (Å²) in [5.41, 5.74) is 1.30. The van der Waals surface area contributed by atoms with Crippen molar-refractivity contribution in [2.75, 3.05) is 18.5 Å². The molecule has 0 aromatic carbocycles. The van der Waals surface area contributed by atoms with E-state index in [4.69, 9.17) is 10.5 Å². The predicted molar refractivity (Wildman–Crippen MR) is 57.0 cm³/mol. The van der Waals surface area contributed by atoms with Gasteiger partial charge in [0, 0.05) is 25.5 Å². The van der Waals surface area contributed by atoms with E-state index in [-0.39, 0.29) is 5.92 Å². The number of anilines is 1. The van der Waals surface area contributed by atoms with Crippen molar-refractivity contribution in [3.8, 4) is 12.1 Å². The van der Waals surface area contributed by atoms with Crippen molar-refractivity contribution in [3.05, 3.63) is 24.0 Å². The Bertz CT molecular complexity index is 413. The molecule has 1 unspecified atom stereocenters. The van der Waals surface area contributed by atoms with Crippen LogP contribution in [0.4, 0.5) is 5.69 Å². The molecule has 0 bridgehead atoms. The summed E-state index contributed by atoms with van der Waals surface area (Å²) in [7, 11) is 1.89. The van der Waals surface area contributed by atoms with Crippen LogP contribution in [0, 0.1) is 28.6 Å². The van der Waals surface area contributed by atoms with Crippen LogP contribution in [0.1, 0.15) is 12.6 Å². The summed E-state index contributed by atoms with van der Waals surface area (Å²) in [6.45, 7) is 2.51. The second kappa shape index (κ2) is 4.97. The molecule has 0 amide bonds. The molecular weight excluding hydrogens is 188 g/mol. The Morgan fingerprint density at radius 1 is 1.53 bits per heavy atom. The number of hydrogen-bond acceptors (Lipinski definition) is 4. The molecule has 4 nitrogen and oxygen atoms in total. The summed E-state index contributed by atoms with van der Waals surface area (Å²) in [4.78, 5) is 5.83. The third-order valence-electron chi connectivity index (χ3n) is 2.07. The van der Waals surface area contributed by atoms with E-state index in [2.05, 4.69) is 11.1 Å². The second-order valence-corrected chi connectivity index (χ2v) is 3.42. The maximum atomic E-state index is 8.69. The van der Waals surface area contributed by atoms with Gasteiger partial charge in [-0.15, -0.1) is 0 Å². The van der Waals surface area contributed by atoms with Gasteiger partial charge in [0.2, 0.25) is 0 Å². The van der Waals surface area contributed by atoms with Crippen LogP contribution in [0.3, 0.4) is 0 Å². The van der Waals surface area contributed by atoms with Crippen LogP contribution in [0.15, 0.2) is 18.3 Å². The van der Waals surface area contributed by atoms with Crippen LogP contribution in [-0.4, -0.2) is 18.6 Å². The lowest BCUT2D eigenvalue weighted by Crippen LogP contribution is -2.23. The highest BCUT2D eigenvalue weighted by Gasteiger charge is 2.06. The van der Waals surface area contributed by atoms with Crippen LogP contribution in [0.5, 0.6) is 0 Å². The molecule has 1 heterocycles. The minimum atomic E-state index is -0.0336. The lowest BCUT2D eigenvalue weighted by Gasteiger charge is -2.20. The molecule has 0 aliphatic heterocycles. The molecular formula is C11H12N4. The highest BCUT2D eigenvalue weighted by molar-refractivity contribution is 5.48. The Labute approximate surface area is 89.4 Å². The van der Waals surface area contributed by atoms with E-state index in [1.165, 1.54) is 0 Å². The van der Waals surface area contributed by atoms with E-state index in [1.807, 2.05) is 31.0 Å². The zero-order valence-corrected chi connectivity index (χ0v) is 8.81. The van der Waals surface area contributed by atoms with E-state index in [0.717, 1.165) is 5.69 Å². The fourth-order valence-corrected chi connectivity index (χ4v) is 1.27. The first-order valence-corrected chi connectivity index (χ1v) is 4.64. The Morgan fingerprint density at radius 2 is 2.27 bits per heavy atom. The predicted octanol–water partition coefficient (Wildman–Crippen LogP) is 1.55. The number of pyridine rings is 1. The number of aromatic nitrogens is 1. The summed E-state index contributed by atoms with van der Waals surface area (Å²) >= 11 is 0. The maximum Gasteiger partial charge on any atom is 0.142 e.